The Labute approximate surface area is 133 Å². The molecule has 1 aromatic heterocycles. The first-order valence-corrected chi connectivity index (χ1v) is 7.57. The SMILES string of the molecule is O=C(N[C@H]1CC[C@@H](C(=O)O)C1)c1ccccc1Cn1cncn1. The van der Waals surface area contributed by atoms with Gasteiger partial charge in [-0.2, -0.15) is 5.10 Å². The number of nitrogens with one attached hydrogen (secondary N) is 1. The molecule has 0 unspecified atom stereocenters. The van der Waals surface area contributed by atoms with Crippen molar-refractivity contribution in [2.24, 2.45) is 5.92 Å². The van der Waals surface area contributed by atoms with Crippen LogP contribution in [0.1, 0.15) is 35.2 Å². The van der Waals surface area contributed by atoms with E-state index in [4.69, 9.17) is 5.11 Å². The number of carboxylic acids is 1. The molecule has 3 rings (SSSR count). The maximum atomic E-state index is 12.5. The van der Waals surface area contributed by atoms with Gasteiger partial charge < -0.3 is 10.4 Å². The lowest BCUT2D eigenvalue weighted by Gasteiger charge is -2.14. The van der Waals surface area contributed by atoms with Gasteiger partial charge >= 0.3 is 5.97 Å². The number of carboxylic acid groups (broad SMARTS) is 1. The Morgan fingerprint density at radius 3 is 2.83 bits per heavy atom. The smallest absolute Gasteiger partial charge is 0.306 e. The number of benzene rings is 1. The van der Waals surface area contributed by atoms with Gasteiger partial charge in [-0.3, -0.25) is 9.59 Å². The number of aliphatic carboxylic acids is 1. The zero-order chi connectivity index (χ0) is 16.2. The van der Waals surface area contributed by atoms with Crippen LogP contribution in [0, 0.1) is 5.92 Å². The molecule has 120 valence electrons. The van der Waals surface area contributed by atoms with Crippen LogP contribution >= 0.6 is 0 Å². The zero-order valence-electron chi connectivity index (χ0n) is 12.6. The van der Waals surface area contributed by atoms with Crippen molar-refractivity contribution in [1.82, 2.24) is 20.1 Å². The molecule has 1 saturated carbocycles. The standard InChI is InChI=1S/C16H18N4O3/c21-15(19-13-6-5-11(7-13)16(22)23)14-4-2-1-3-12(14)8-20-10-17-9-18-20/h1-4,9-11,13H,5-8H2,(H,19,21)(H,22,23)/t11-,13+/m1/s1. The van der Waals surface area contributed by atoms with Crippen molar-refractivity contribution >= 4 is 11.9 Å². The van der Waals surface area contributed by atoms with Crippen LogP contribution in [-0.4, -0.2) is 37.8 Å². The van der Waals surface area contributed by atoms with E-state index in [0.29, 0.717) is 31.4 Å². The van der Waals surface area contributed by atoms with Crippen molar-refractivity contribution in [3.8, 4) is 0 Å². The molecule has 0 radical (unpaired) electrons. The lowest BCUT2D eigenvalue weighted by Crippen LogP contribution is -2.34. The third-order valence-electron chi connectivity index (χ3n) is 4.18. The summed E-state index contributed by atoms with van der Waals surface area (Å²) in [6, 6.07) is 7.26. The molecule has 2 atom stereocenters. The van der Waals surface area contributed by atoms with E-state index in [-0.39, 0.29) is 17.9 Å². The molecule has 7 heteroatoms. The highest BCUT2D eigenvalue weighted by atomic mass is 16.4. The van der Waals surface area contributed by atoms with Crippen molar-refractivity contribution in [3.05, 3.63) is 48.0 Å². The summed E-state index contributed by atoms with van der Waals surface area (Å²) in [5.41, 5.74) is 1.44. The van der Waals surface area contributed by atoms with Crippen LogP contribution in [0.3, 0.4) is 0 Å². The van der Waals surface area contributed by atoms with E-state index < -0.39 is 5.97 Å². The van der Waals surface area contributed by atoms with Gasteiger partial charge in [-0.05, 0) is 30.9 Å². The molecule has 1 aliphatic carbocycles. The van der Waals surface area contributed by atoms with Gasteiger partial charge in [0.2, 0.25) is 0 Å². The average Bonchev–Trinajstić information content (AvgIpc) is 3.19. The maximum absolute atomic E-state index is 12.5. The first-order valence-electron chi connectivity index (χ1n) is 7.57. The summed E-state index contributed by atoms with van der Waals surface area (Å²) >= 11 is 0. The van der Waals surface area contributed by atoms with Crippen LogP contribution in [0.25, 0.3) is 0 Å². The summed E-state index contributed by atoms with van der Waals surface area (Å²) in [5.74, 6) is -1.31. The molecular weight excluding hydrogens is 296 g/mol. The molecule has 7 nitrogen and oxygen atoms in total. The molecule has 23 heavy (non-hydrogen) atoms. The highest BCUT2D eigenvalue weighted by molar-refractivity contribution is 5.95. The summed E-state index contributed by atoms with van der Waals surface area (Å²) in [5, 5.41) is 16.0. The molecular formula is C16H18N4O3. The van der Waals surface area contributed by atoms with Crippen LogP contribution in [-0.2, 0) is 11.3 Å². The number of carbonyl (C=O) groups is 2. The van der Waals surface area contributed by atoms with E-state index in [0.717, 1.165) is 5.56 Å². The second-order valence-corrected chi connectivity index (χ2v) is 5.77. The Morgan fingerprint density at radius 2 is 2.13 bits per heavy atom. The van der Waals surface area contributed by atoms with Crippen LogP contribution in [0.15, 0.2) is 36.9 Å². The van der Waals surface area contributed by atoms with Gasteiger partial charge in [-0.1, -0.05) is 18.2 Å². The Balaban J connectivity index is 1.69. The van der Waals surface area contributed by atoms with Crippen LogP contribution in [0.2, 0.25) is 0 Å². The minimum atomic E-state index is -0.784. The lowest BCUT2D eigenvalue weighted by atomic mass is 10.1. The van der Waals surface area contributed by atoms with Gasteiger partial charge in [0.25, 0.3) is 5.91 Å². The molecule has 0 saturated heterocycles. The van der Waals surface area contributed by atoms with E-state index in [1.54, 1.807) is 17.1 Å². The number of nitrogens with zero attached hydrogens (tertiary/aromatic N) is 3. The van der Waals surface area contributed by atoms with Crippen LogP contribution < -0.4 is 5.32 Å². The number of aromatic nitrogens is 3. The predicted octanol–water partition coefficient (Wildman–Crippen LogP) is 1.31. The number of hydrogen-bond acceptors (Lipinski definition) is 4. The summed E-state index contributed by atoms with van der Waals surface area (Å²) in [4.78, 5) is 27.4. The van der Waals surface area contributed by atoms with E-state index in [2.05, 4.69) is 15.4 Å². The minimum Gasteiger partial charge on any atom is -0.481 e. The van der Waals surface area contributed by atoms with Gasteiger partial charge in [0.15, 0.2) is 0 Å². The highest BCUT2D eigenvalue weighted by Crippen LogP contribution is 2.26. The summed E-state index contributed by atoms with van der Waals surface area (Å²) in [7, 11) is 0. The fourth-order valence-electron chi connectivity index (χ4n) is 2.97. The fraction of sp³-hybridized carbons (Fsp3) is 0.375. The van der Waals surface area contributed by atoms with Crippen molar-refractivity contribution in [2.75, 3.05) is 0 Å². The Hall–Kier alpha value is -2.70. The number of hydrogen-bond donors (Lipinski definition) is 2. The summed E-state index contributed by atoms with van der Waals surface area (Å²) in [6.07, 6.45) is 4.86. The predicted molar refractivity (Wildman–Crippen MR) is 81.8 cm³/mol. The van der Waals surface area contributed by atoms with Gasteiger partial charge in [-0.15, -0.1) is 0 Å². The van der Waals surface area contributed by atoms with Gasteiger partial charge in [0.05, 0.1) is 12.5 Å². The van der Waals surface area contributed by atoms with Crippen molar-refractivity contribution in [1.29, 1.82) is 0 Å². The first-order chi connectivity index (χ1) is 11.1. The van der Waals surface area contributed by atoms with E-state index in [1.165, 1.54) is 6.33 Å². The second-order valence-electron chi connectivity index (χ2n) is 5.77. The van der Waals surface area contributed by atoms with Crippen molar-refractivity contribution < 1.29 is 14.7 Å². The second kappa shape index (κ2) is 6.60. The quantitative estimate of drug-likeness (QED) is 0.867. The van der Waals surface area contributed by atoms with Gasteiger partial charge in [-0.25, -0.2) is 9.67 Å². The monoisotopic (exact) mass is 314 g/mol. The van der Waals surface area contributed by atoms with E-state index in [1.807, 2.05) is 18.2 Å². The Kier molecular flexibility index (Phi) is 4.36. The fourth-order valence-corrected chi connectivity index (χ4v) is 2.97. The summed E-state index contributed by atoms with van der Waals surface area (Å²) in [6.45, 7) is 0.464. The van der Waals surface area contributed by atoms with Gasteiger partial charge in [0, 0.05) is 11.6 Å². The molecule has 0 bridgehead atoms. The molecule has 2 N–H and O–H groups in total. The average molecular weight is 314 g/mol. The molecule has 1 aromatic carbocycles. The molecule has 0 spiro atoms. The van der Waals surface area contributed by atoms with Crippen molar-refractivity contribution in [2.45, 2.75) is 31.8 Å². The lowest BCUT2D eigenvalue weighted by molar-refractivity contribution is -0.141. The third kappa shape index (κ3) is 3.56. The number of amides is 1. The van der Waals surface area contributed by atoms with Crippen molar-refractivity contribution in [3.63, 3.8) is 0 Å². The van der Waals surface area contributed by atoms with E-state index >= 15 is 0 Å². The molecule has 1 heterocycles. The van der Waals surface area contributed by atoms with E-state index in [9.17, 15) is 9.59 Å². The maximum Gasteiger partial charge on any atom is 0.306 e. The first kappa shape index (κ1) is 15.2. The molecule has 1 aliphatic rings. The summed E-state index contributed by atoms with van der Waals surface area (Å²) < 4.78 is 1.65. The number of carbonyl (C=O) groups excluding carboxylic acids is 1. The third-order valence-corrected chi connectivity index (χ3v) is 4.18. The normalized spacial score (nSPS) is 20.3. The Bertz CT molecular complexity index is 699. The minimum absolute atomic E-state index is 0.0805. The van der Waals surface area contributed by atoms with Gasteiger partial charge in [0.1, 0.15) is 12.7 Å². The molecule has 1 fully saturated rings. The molecule has 2 aromatic rings. The number of rotatable bonds is 5. The van der Waals surface area contributed by atoms with Crippen LogP contribution in [0.5, 0.6) is 0 Å². The topological polar surface area (TPSA) is 97.1 Å². The Morgan fingerprint density at radius 1 is 1.30 bits per heavy atom. The molecule has 1 amide bonds. The molecule has 0 aliphatic heterocycles. The zero-order valence-corrected chi connectivity index (χ0v) is 12.6. The largest absolute Gasteiger partial charge is 0.481 e. The highest BCUT2D eigenvalue weighted by Gasteiger charge is 2.30. The van der Waals surface area contributed by atoms with Crippen LogP contribution in [0.4, 0.5) is 0 Å².